The zero-order valence-corrected chi connectivity index (χ0v) is 20.9. The van der Waals surface area contributed by atoms with Gasteiger partial charge < -0.3 is 15.7 Å². The number of aliphatic hydroxyl groups is 1. The number of carbonyl (C=O) groups excluding carboxylic acids is 2. The van der Waals surface area contributed by atoms with Crippen LogP contribution >= 0.6 is 0 Å². The maximum absolute atomic E-state index is 13.9. The standard InChI is InChI=1S/C25H27F5N6O3/c1-14-8-16(11-31-10-14)23(39)35-21(15-2-5-24(26,27)6-3-15)18-13-36-19(33-18)9-17(12-32-36)22(38)34-20(37)4-7-25(28,29)30/h8-13,15,21-22,38H,2-7H2,1H3,(H,34,37)(H,35,39)/t21-,22+/m0/s1. The minimum Gasteiger partial charge on any atom is -0.369 e. The number of pyridine rings is 1. The molecule has 3 aromatic rings. The van der Waals surface area contributed by atoms with Crippen LogP contribution in [0, 0.1) is 12.8 Å². The second-order valence-electron chi connectivity index (χ2n) is 9.74. The van der Waals surface area contributed by atoms with Crippen molar-refractivity contribution in [2.45, 2.75) is 69.8 Å². The lowest BCUT2D eigenvalue weighted by Crippen LogP contribution is -2.37. The predicted octanol–water partition coefficient (Wildman–Crippen LogP) is 4.18. The Balaban J connectivity index is 1.56. The average molecular weight is 555 g/mol. The van der Waals surface area contributed by atoms with E-state index >= 15 is 0 Å². The van der Waals surface area contributed by atoms with Crippen molar-refractivity contribution in [2.75, 3.05) is 0 Å². The molecule has 0 radical (unpaired) electrons. The first-order valence-electron chi connectivity index (χ1n) is 12.3. The van der Waals surface area contributed by atoms with Crippen molar-refractivity contribution in [1.82, 2.24) is 30.2 Å². The summed E-state index contributed by atoms with van der Waals surface area (Å²) in [4.78, 5) is 33.3. The molecule has 3 heterocycles. The van der Waals surface area contributed by atoms with Gasteiger partial charge in [0.15, 0.2) is 11.9 Å². The van der Waals surface area contributed by atoms with Gasteiger partial charge in [0.1, 0.15) is 0 Å². The van der Waals surface area contributed by atoms with E-state index in [4.69, 9.17) is 0 Å². The molecule has 1 aliphatic carbocycles. The van der Waals surface area contributed by atoms with Crippen molar-refractivity contribution in [1.29, 1.82) is 0 Å². The smallest absolute Gasteiger partial charge is 0.369 e. The molecule has 3 aromatic heterocycles. The molecule has 1 fully saturated rings. The van der Waals surface area contributed by atoms with Gasteiger partial charge in [-0.3, -0.25) is 14.6 Å². The number of nitrogens with one attached hydrogen (secondary N) is 2. The van der Waals surface area contributed by atoms with Crippen LogP contribution in [0.5, 0.6) is 0 Å². The highest BCUT2D eigenvalue weighted by Crippen LogP contribution is 2.41. The first kappa shape index (κ1) is 28.3. The molecule has 9 nitrogen and oxygen atoms in total. The molecule has 0 saturated heterocycles. The minimum atomic E-state index is -4.51. The second-order valence-corrected chi connectivity index (χ2v) is 9.74. The Morgan fingerprint density at radius 2 is 1.87 bits per heavy atom. The van der Waals surface area contributed by atoms with Crippen LogP contribution in [0.4, 0.5) is 22.0 Å². The van der Waals surface area contributed by atoms with Crippen LogP contribution in [0.3, 0.4) is 0 Å². The topological polar surface area (TPSA) is 122 Å². The number of carbonyl (C=O) groups is 2. The van der Waals surface area contributed by atoms with Gasteiger partial charge in [0.25, 0.3) is 5.91 Å². The number of hydrogen-bond acceptors (Lipinski definition) is 6. The molecule has 14 heteroatoms. The van der Waals surface area contributed by atoms with E-state index in [2.05, 4.69) is 25.7 Å². The van der Waals surface area contributed by atoms with E-state index in [1.807, 2.05) is 0 Å². The summed E-state index contributed by atoms with van der Waals surface area (Å²) in [6.45, 7) is 1.78. The fourth-order valence-corrected chi connectivity index (χ4v) is 4.51. The highest BCUT2D eigenvalue weighted by molar-refractivity contribution is 5.94. The first-order valence-corrected chi connectivity index (χ1v) is 12.3. The summed E-state index contributed by atoms with van der Waals surface area (Å²) in [5.41, 5.74) is 1.71. The van der Waals surface area contributed by atoms with Gasteiger partial charge >= 0.3 is 6.18 Å². The largest absolute Gasteiger partial charge is 0.389 e. The SMILES string of the molecule is Cc1cncc(C(=O)N[C@H](c2cn3ncc([C@@H](O)NC(=O)CCC(F)(F)F)cc3n2)C2CCC(F)(F)CC2)c1. The van der Waals surface area contributed by atoms with Crippen LogP contribution in [-0.2, 0) is 4.79 Å². The third-order valence-electron chi connectivity index (χ3n) is 6.58. The summed E-state index contributed by atoms with van der Waals surface area (Å²) in [6, 6.07) is 2.30. The van der Waals surface area contributed by atoms with Crippen molar-refractivity contribution < 1.29 is 36.6 Å². The molecule has 210 valence electrons. The lowest BCUT2D eigenvalue weighted by molar-refractivity contribution is -0.145. The number of amides is 2. The van der Waals surface area contributed by atoms with Crippen LogP contribution in [0.15, 0.2) is 36.9 Å². The monoisotopic (exact) mass is 554 g/mol. The van der Waals surface area contributed by atoms with E-state index in [0.29, 0.717) is 11.3 Å². The minimum absolute atomic E-state index is 0.0729. The lowest BCUT2D eigenvalue weighted by atomic mass is 9.81. The summed E-state index contributed by atoms with van der Waals surface area (Å²) < 4.78 is 66.1. The van der Waals surface area contributed by atoms with Crippen molar-refractivity contribution in [3.05, 3.63) is 59.3 Å². The molecular formula is C25H27F5N6O3. The van der Waals surface area contributed by atoms with Gasteiger partial charge in [-0.15, -0.1) is 0 Å². The molecule has 4 rings (SSSR count). The number of halogens is 5. The Morgan fingerprint density at radius 1 is 1.15 bits per heavy atom. The number of alkyl halides is 5. The third kappa shape index (κ3) is 7.46. The fraction of sp³-hybridized carbons (Fsp3) is 0.480. The zero-order valence-electron chi connectivity index (χ0n) is 20.9. The third-order valence-corrected chi connectivity index (χ3v) is 6.58. The normalized spacial score (nSPS) is 17.5. The molecule has 0 bridgehead atoms. The Labute approximate surface area is 219 Å². The van der Waals surface area contributed by atoms with E-state index in [1.54, 1.807) is 19.2 Å². The molecular weight excluding hydrogens is 527 g/mol. The maximum Gasteiger partial charge on any atom is 0.389 e. The van der Waals surface area contributed by atoms with E-state index in [9.17, 15) is 36.6 Å². The van der Waals surface area contributed by atoms with Gasteiger partial charge in [-0.1, -0.05) is 0 Å². The molecule has 0 spiro atoms. The summed E-state index contributed by atoms with van der Waals surface area (Å²) >= 11 is 0. The number of aromatic nitrogens is 4. The first-order chi connectivity index (χ1) is 18.3. The van der Waals surface area contributed by atoms with Crippen LogP contribution in [0.1, 0.15) is 78.0 Å². The fourth-order valence-electron chi connectivity index (χ4n) is 4.51. The number of fused-ring (bicyclic) bond motifs is 1. The summed E-state index contributed by atoms with van der Waals surface area (Å²) in [5.74, 6) is -4.56. The number of nitrogens with zero attached hydrogens (tertiary/aromatic N) is 4. The predicted molar refractivity (Wildman–Crippen MR) is 127 cm³/mol. The van der Waals surface area contributed by atoms with E-state index in [-0.39, 0.29) is 42.8 Å². The molecule has 39 heavy (non-hydrogen) atoms. The van der Waals surface area contributed by atoms with Gasteiger partial charge in [0.2, 0.25) is 11.8 Å². The number of hydrogen-bond donors (Lipinski definition) is 3. The number of rotatable bonds is 8. The molecule has 0 aromatic carbocycles. The number of imidazole rings is 1. The molecule has 1 saturated carbocycles. The van der Waals surface area contributed by atoms with Gasteiger partial charge in [-0.25, -0.2) is 18.3 Å². The van der Waals surface area contributed by atoms with Crippen molar-refractivity contribution >= 4 is 17.5 Å². The van der Waals surface area contributed by atoms with Crippen LogP contribution in [-0.4, -0.2) is 48.6 Å². The van der Waals surface area contributed by atoms with Gasteiger partial charge in [0, 0.05) is 37.2 Å². The van der Waals surface area contributed by atoms with E-state index < -0.39 is 49.0 Å². The van der Waals surface area contributed by atoms with E-state index in [1.165, 1.54) is 29.2 Å². The van der Waals surface area contributed by atoms with Crippen LogP contribution in [0.2, 0.25) is 0 Å². The Hall–Kier alpha value is -3.68. The maximum atomic E-state index is 13.9. The highest BCUT2D eigenvalue weighted by atomic mass is 19.4. The molecule has 3 N–H and O–H groups in total. The molecule has 2 atom stereocenters. The number of aliphatic hydroxyl groups excluding tert-OH is 1. The summed E-state index contributed by atoms with van der Waals surface area (Å²) in [5, 5.41) is 19.4. The van der Waals surface area contributed by atoms with Crippen molar-refractivity contribution in [2.24, 2.45) is 5.92 Å². The summed E-state index contributed by atoms with van der Waals surface area (Å²) in [6.07, 6.45) is -2.94. The molecule has 2 amide bonds. The van der Waals surface area contributed by atoms with Gasteiger partial charge in [-0.2, -0.15) is 18.3 Å². The Morgan fingerprint density at radius 3 is 2.54 bits per heavy atom. The zero-order chi connectivity index (χ0) is 28.4. The molecule has 1 aliphatic rings. The highest BCUT2D eigenvalue weighted by Gasteiger charge is 2.39. The number of aryl methyl sites for hydroxylation is 1. The lowest BCUT2D eigenvalue weighted by Gasteiger charge is -2.33. The summed E-state index contributed by atoms with van der Waals surface area (Å²) in [7, 11) is 0. The van der Waals surface area contributed by atoms with Gasteiger partial charge in [0.05, 0.1) is 36.1 Å². The Bertz CT molecular complexity index is 1340. The second kappa shape index (κ2) is 11.2. The van der Waals surface area contributed by atoms with E-state index in [0.717, 1.165) is 5.56 Å². The Kier molecular flexibility index (Phi) is 8.14. The molecule has 0 aliphatic heterocycles. The quantitative estimate of drug-likeness (QED) is 0.284. The van der Waals surface area contributed by atoms with Crippen molar-refractivity contribution in [3.63, 3.8) is 0 Å². The van der Waals surface area contributed by atoms with Crippen LogP contribution < -0.4 is 10.6 Å². The van der Waals surface area contributed by atoms with Gasteiger partial charge in [-0.05, 0) is 43.4 Å². The average Bonchev–Trinajstić information content (AvgIpc) is 3.29. The van der Waals surface area contributed by atoms with Crippen LogP contribution in [0.25, 0.3) is 5.65 Å². The van der Waals surface area contributed by atoms with Crippen molar-refractivity contribution in [3.8, 4) is 0 Å². The molecule has 0 unspecified atom stereocenters.